The molecular formula is C11H23N5. The second-order valence-electron chi connectivity index (χ2n) is 3.31. The van der Waals surface area contributed by atoms with Crippen LogP contribution in [0.3, 0.4) is 0 Å². The smallest absolute Gasteiger partial charge is 0.0514 e. The molecule has 0 aliphatic heterocycles. The molecule has 5 heteroatoms. The van der Waals surface area contributed by atoms with Gasteiger partial charge in [0, 0.05) is 44.2 Å². The van der Waals surface area contributed by atoms with Gasteiger partial charge in [-0.1, -0.05) is 0 Å². The van der Waals surface area contributed by atoms with Crippen LogP contribution in [0.5, 0.6) is 0 Å². The Kier molecular flexibility index (Phi) is 11.2. The van der Waals surface area contributed by atoms with Crippen LogP contribution < -0.4 is 16.0 Å². The number of likely N-dealkylation sites (N-methyl/N-ethyl adjacent to an activating group) is 2. The maximum Gasteiger partial charge on any atom is 0.0514 e. The van der Waals surface area contributed by atoms with Gasteiger partial charge in [-0.3, -0.25) is 9.98 Å². The van der Waals surface area contributed by atoms with Crippen molar-refractivity contribution in [2.45, 2.75) is 0 Å². The Morgan fingerprint density at radius 1 is 1.19 bits per heavy atom. The molecule has 3 N–H and O–H groups in total. The molecule has 0 aliphatic rings. The quantitative estimate of drug-likeness (QED) is 0.352. The van der Waals surface area contributed by atoms with E-state index in [9.17, 15) is 0 Å². The van der Waals surface area contributed by atoms with Gasteiger partial charge in [-0.15, -0.1) is 0 Å². The molecule has 92 valence electrons. The Bertz CT molecular complexity index is 222. The van der Waals surface area contributed by atoms with Crippen molar-refractivity contribution in [3.63, 3.8) is 0 Å². The third-order valence-corrected chi connectivity index (χ3v) is 1.86. The number of aliphatic imine (C=N–C) groups is 2. The summed E-state index contributed by atoms with van der Waals surface area (Å²) in [4.78, 5) is 8.03. The second-order valence-corrected chi connectivity index (χ2v) is 3.31. The lowest BCUT2D eigenvalue weighted by Gasteiger charge is -2.01. The van der Waals surface area contributed by atoms with Crippen molar-refractivity contribution in [3.8, 4) is 0 Å². The van der Waals surface area contributed by atoms with Gasteiger partial charge in [0.1, 0.15) is 0 Å². The van der Waals surface area contributed by atoms with Crippen molar-refractivity contribution in [3.05, 3.63) is 11.8 Å². The van der Waals surface area contributed by atoms with Crippen molar-refractivity contribution in [1.82, 2.24) is 16.0 Å². The maximum absolute atomic E-state index is 4.30. The van der Waals surface area contributed by atoms with E-state index in [4.69, 9.17) is 0 Å². The van der Waals surface area contributed by atoms with Crippen LogP contribution in [0.2, 0.25) is 0 Å². The Morgan fingerprint density at radius 3 is 2.62 bits per heavy atom. The summed E-state index contributed by atoms with van der Waals surface area (Å²) < 4.78 is 0. The average Bonchev–Trinajstić information content (AvgIpc) is 2.28. The molecule has 0 saturated carbocycles. The lowest BCUT2D eigenvalue weighted by Crippen LogP contribution is -2.26. The summed E-state index contributed by atoms with van der Waals surface area (Å²) in [6.45, 7) is 7.81. The Hall–Kier alpha value is -1.04. The number of nitrogens with one attached hydrogen (secondary N) is 3. The van der Waals surface area contributed by atoms with E-state index in [1.54, 1.807) is 6.20 Å². The monoisotopic (exact) mass is 225 g/mol. The van der Waals surface area contributed by atoms with Crippen LogP contribution in [0.1, 0.15) is 0 Å². The van der Waals surface area contributed by atoms with E-state index in [1.165, 1.54) is 0 Å². The lowest BCUT2D eigenvalue weighted by atomic mass is 10.3. The molecule has 0 atom stereocenters. The Labute approximate surface area is 98.1 Å². The molecule has 0 spiro atoms. The van der Waals surface area contributed by atoms with Crippen molar-refractivity contribution >= 4 is 12.9 Å². The molecule has 0 rings (SSSR count). The Balaban J connectivity index is 3.63. The van der Waals surface area contributed by atoms with Crippen LogP contribution in [-0.4, -0.2) is 59.8 Å². The van der Waals surface area contributed by atoms with Crippen LogP contribution in [0.15, 0.2) is 21.8 Å². The first kappa shape index (κ1) is 15.0. The molecule has 0 unspecified atom stereocenters. The van der Waals surface area contributed by atoms with Gasteiger partial charge in [0.2, 0.25) is 0 Å². The summed E-state index contributed by atoms with van der Waals surface area (Å²) in [5.41, 5.74) is 1.03. The van der Waals surface area contributed by atoms with Gasteiger partial charge in [-0.05, 0) is 20.8 Å². The maximum atomic E-state index is 4.30. The number of hydrogen-bond donors (Lipinski definition) is 3. The molecule has 0 saturated heterocycles. The minimum atomic E-state index is 0.760. The van der Waals surface area contributed by atoms with E-state index in [0.29, 0.717) is 0 Å². The van der Waals surface area contributed by atoms with E-state index in [0.717, 1.165) is 38.3 Å². The van der Waals surface area contributed by atoms with Crippen molar-refractivity contribution in [2.24, 2.45) is 9.98 Å². The third-order valence-electron chi connectivity index (χ3n) is 1.86. The van der Waals surface area contributed by atoms with Crippen LogP contribution in [0.25, 0.3) is 0 Å². The van der Waals surface area contributed by atoms with Gasteiger partial charge >= 0.3 is 0 Å². The fourth-order valence-electron chi connectivity index (χ4n) is 1.11. The highest BCUT2D eigenvalue weighted by Crippen LogP contribution is 1.88. The Morgan fingerprint density at radius 2 is 2.00 bits per heavy atom. The van der Waals surface area contributed by atoms with Gasteiger partial charge in [-0.25, -0.2) is 0 Å². The number of hydrogen-bond acceptors (Lipinski definition) is 5. The van der Waals surface area contributed by atoms with Crippen molar-refractivity contribution in [1.29, 1.82) is 0 Å². The standard InChI is InChI=1S/C11H23N5/c1-12-4-5-15-6-7-16-10-11(8-13-2)9-14-3/h8,10,12,14-15H,2,4-7,9H2,1,3H3/b11-8-,16-10?. The van der Waals surface area contributed by atoms with E-state index >= 15 is 0 Å². The van der Waals surface area contributed by atoms with Gasteiger partial charge < -0.3 is 16.0 Å². The molecule has 16 heavy (non-hydrogen) atoms. The van der Waals surface area contributed by atoms with Crippen LogP contribution in [-0.2, 0) is 0 Å². The zero-order valence-electron chi connectivity index (χ0n) is 10.3. The van der Waals surface area contributed by atoms with Crippen molar-refractivity contribution < 1.29 is 0 Å². The topological polar surface area (TPSA) is 60.8 Å². The third kappa shape index (κ3) is 9.51. The lowest BCUT2D eigenvalue weighted by molar-refractivity contribution is 0.655. The predicted octanol–water partition coefficient (Wildman–Crippen LogP) is -0.330. The molecule has 0 amide bonds. The number of nitrogens with zero attached hydrogens (tertiary/aromatic N) is 2. The second kappa shape index (κ2) is 12.0. The van der Waals surface area contributed by atoms with E-state index in [1.807, 2.05) is 20.3 Å². The zero-order valence-corrected chi connectivity index (χ0v) is 10.3. The van der Waals surface area contributed by atoms with Gasteiger partial charge in [-0.2, -0.15) is 0 Å². The predicted molar refractivity (Wildman–Crippen MR) is 71.7 cm³/mol. The molecule has 0 aliphatic carbocycles. The molecule has 0 aromatic heterocycles. The van der Waals surface area contributed by atoms with E-state index in [2.05, 4.69) is 32.7 Å². The van der Waals surface area contributed by atoms with Gasteiger partial charge in [0.25, 0.3) is 0 Å². The zero-order chi connectivity index (χ0) is 12.1. The highest BCUT2D eigenvalue weighted by molar-refractivity contribution is 5.79. The largest absolute Gasteiger partial charge is 0.318 e. The summed E-state index contributed by atoms with van der Waals surface area (Å²) in [7, 11) is 3.83. The van der Waals surface area contributed by atoms with E-state index in [-0.39, 0.29) is 0 Å². The fraction of sp³-hybridized carbons (Fsp3) is 0.636. The number of rotatable bonds is 10. The first-order valence-electron chi connectivity index (χ1n) is 5.49. The van der Waals surface area contributed by atoms with Crippen LogP contribution in [0, 0.1) is 0 Å². The highest BCUT2D eigenvalue weighted by Gasteiger charge is 1.89. The first-order valence-corrected chi connectivity index (χ1v) is 5.49. The summed E-state index contributed by atoms with van der Waals surface area (Å²) in [5.74, 6) is 0. The molecule has 0 radical (unpaired) electrons. The van der Waals surface area contributed by atoms with Crippen LogP contribution >= 0.6 is 0 Å². The molecule has 0 aromatic carbocycles. The summed E-state index contributed by atoms with van der Waals surface area (Å²) in [6, 6.07) is 0. The average molecular weight is 225 g/mol. The molecule has 5 nitrogen and oxygen atoms in total. The minimum Gasteiger partial charge on any atom is -0.318 e. The van der Waals surface area contributed by atoms with Crippen molar-refractivity contribution in [2.75, 3.05) is 46.8 Å². The summed E-state index contributed by atoms with van der Waals surface area (Å²) in [6.07, 6.45) is 3.55. The normalized spacial score (nSPS) is 12.2. The first-order chi connectivity index (χ1) is 7.85. The summed E-state index contributed by atoms with van der Waals surface area (Å²) >= 11 is 0. The van der Waals surface area contributed by atoms with Crippen LogP contribution in [0.4, 0.5) is 0 Å². The summed E-state index contributed by atoms with van der Waals surface area (Å²) in [5, 5.41) is 9.40. The minimum absolute atomic E-state index is 0.760. The fourth-order valence-corrected chi connectivity index (χ4v) is 1.11. The SMILES string of the molecule is C=N/C=C(\C=NCCNCCNC)CNC. The molecular weight excluding hydrogens is 202 g/mol. The molecule has 0 bridgehead atoms. The highest BCUT2D eigenvalue weighted by atomic mass is 14.9. The molecule has 0 aromatic rings. The van der Waals surface area contributed by atoms with Gasteiger partial charge in [0.05, 0.1) is 6.54 Å². The van der Waals surface area contributed by atoms with Gasteiger partial charge in [0.15, 0.2) is 0 Å². The molecule has 0 fully saturated rings. The van der Waals surface area contributed by atoms with E-state index < -0.39 is 0 Å². The molecule has 0 heterocycles.